The van der Waals surface area contributed by atoms with Crippen molar-refractivity contribution in [1.29, 1.82) is 0 Å². The minimum absolute atomic E-state index is 0.255. The fourth-order valence-corrected chi connectivity index (χ4v) is 2.55. The smallest absolute Gasteiger partial charge is 0.441 e. The minimum Gasteiger partial charge on any atom is -0.484 e. The summed E-state index contributed by atoms with van der Waals surface area (Å²) in [6.45, 7) is 2.48. The summed E-state index contributed by atoms with van der Waals surface area (Å²) in [5.74, 6) is -2.91. The van der Waals surface area contributed by atoms with E-state index in [1.807, 2.05) is 5.32 Å². The zero-order chi connectivity index (χ0) is 21.7. The fraction of sp³-hybridized carbons (Fsp3) is 0.316. The highest BCUT2D eigenvalue weighted by molar-refractivity contribution is 5.91. The lowest BCUT2D eigenvalue weighted by Crippen LogP contribution is -2.69. The largest absolute Gasteiger partial charge is 0.484 e. The Bertz CT molecular complexity index is 854. The standard InChI is InChI=1S/C19H20F3N3O4/c1-12-9-13(2)23-15(10-12)24-18(17(27)28-3,19(20,21)22)25-16(26)11-29-14-7-5-4-6-8-14/h4-10H,11H2,1-3H3,(H,23,24)(H,25,26)/t18-/m1/s1. The van der Waals surface area contributed by atoms with Gasteiger partial charge >= 0.3 is 17.8 Å². The maximum atomic E-state index is 14.0. The second kappa shape index (κ2) is 8.80. The number of nitrogens with one attached hydrogen (secondary N) is 2. The van der Waals surface area contributed by atoms with Crippen LogP contribution < -0.4 is 15.4 Å². The number of aryl methyl sites for hydroxylation is 2. The summed E-state index contributed by atoms with van der Waals surface area (Å²) >= 11 is 0. The monoisotopic (exact) mass is 411 g/mol. The van der Waals surface area contributed by atoms with E-state index in [1.54, 1.807) is 43.4 Å². The Kier molecular flexibility index (Phi) is 6.68. The minimum atomic E-state index is -5.25. The summed E-state index contributed by atoms with van der Waals surface area (Å²) in [5, 5.41) is 3.66. The van der Waals surface area contributed by atoms with Gasteiger partial charge in [-0.3, -0.25) is 4.79 Å². The number of anilines is 1. The molecule has 0 unspecified atom stereocenters. The molecule has 0 bridgehead atoms. The summed E-state index contributed by atoms with van der Waals surface area (Å²) in [6.07, 6.45) is -5.25. The maximum Gasteiger partial charge on any atom is 0.441 e. The number of ether oxygens (including phenoxy) is 2. The Morgan fingerprint density at radius 2 is 1.76 bits per heavy atom. The third kappa shape index (κ3) is 5.37. The number of para-hydroxylation sites is 1. The van der Waals surface area contributed by atoms with E-state index in [0.29, 0.717) is 11.3 Å². The number of benzene rings is 1. The highest BCUT2D eigenvalue weighted by Crippen LogP contribution is 2.33. The van der Waals surface area contributed by atoms with E-state index in [9.17, 15) is 22.8 Å². The number of hydrogen-bond acceptors (Lipinski definition) is 6. The van der Waals surface area contributed by atoms with Crippen molar-refractivity contribution >= 4 is 17.7 Å². The number of alkyl halides is 3. The zero-order valence-corrected chi connectivity index (χ0v) is 16.0. The number of carbonyl (C=O) groups excluding carboxylic acids is 2. The van der Waals surface area contributed by atoms with Gasteiger partial charge in [0.1, 0.15) is 11.6 Å². The van der Waals surface area contributed by atoms with Crippen LogP contribution in [0.4, 0.5) is 19.0 Å². The first-order valence-electron chi connectivity index (χ1n) is 8.45. The number of carbonyl (C=O) groups is 2. The van der Waals surface area contributed by atoms with Gasteiger partial charge in [0.05, 0.1) is 7.11 Å². The van der Waals surface area contributed by atoms with E-state index in [0.717, 1.165) is 7.11 Å². The Balaban J connectivity index is 2.32. The molecule has 0 aliphatic carbocycles. The zero-order valence-electron chi connectivity index (χ0n) is 16.0. The lowest BCUT2D eigenvalue weighted by molar-refractivity contribution is -0.206. The number of aromatic nitrogens is 1. The van der Waals surface area contributed by atoms with Crippen LogP contribution in [0.3, 0.4) is 0 Å². The summed E-state index contributed by atoms with van der Waals surface area (Å²) < 4.78 is 51.4. The second-order valence-corrected chi connectivity index (χ2v) is 6.19. The van der Waals surface area contributed by atoms with Crippen LogP contribution in [0.25, 0.3) is 0 Å². The summed E-state index contributed by atoms with van der Waals surface area (Å²) in [7, 11) is 0.784. The molecule has 0 fully saturated rings. The van der Waals surface area contributed by atoms with Crippen LogP contribution in [0.5, 0.6) is 5.75 Å². The predicted octanol–water partition coefficient (Wildman–Crippen LogP) is 2.74. The van der Waals surface area contributed by atoms with E-state index in [2.05, 4.69) is 9.72 Å². The van der Waals surface area contributed by atoms with Gasteiger partial charge in [-0.25, -0.2) is 9.78 Å². The number of pyridine rings is 1. The number of hydrogen-bond donors (Lipinski definition) is 2. The Morgan fingerprint density at radius 1 is 1.10 bits per heavy atom. The van der Waals surface area contributed by atoms with Crippen LogP contribution in [0, 0.1) is 13.8 Å². The molecular formula is C19H20F3N3O4. The molecule has 0 aliphatic rings. The highest BCUT2D eigenvalue weighted by Gasteiger charge is 2.63. The number of esters is 1. The van der Waals surface area contributed by atoms with Gasteiger partial charge in [0, 0.05) is 5.69 Å². The van der Waals surface area contributed by atoms with Gasteiger partial charge in [0.25, 0.3) is 5.91 Å². The number of rotatable bonds is 7. The van der Waals surface area contributed by atoms with Crippen molar-refractivity contribution < 1.29 is 32.2 Å². The SMILES string of the molecule is COC(=O)[C@](NC(=O)COc1ccccc1)(Nc1cc(C)cc(C)n1)C(F)(F)F. The van der Waals surface area contributed by atoms with E-state index in [4.69, 9.17) is 4.74 Å². The van der Waals surface area contributed by atoms with Gasteiger partial charge in [0.15, 0.2) is 6.61 Å². The molecule has 1 aromatic carbocycles. The van der Waals surface area contributed by atoms with Gasteiger partial charge in [-0.15, -0.1) is 0 Å². The van der Waals surface area contributed by atoms with Crippen LogP contribution in [-0.2, 0) is 14.3 Å². The first-order valence-corrected chi connectivity index (χ1v) is 8.45. The van der Waals surface area contributed by atoms with E-state index in [1.165, 1.54) is 18.2 Å². The summed E-state index contributed by atoms with van der Waals surface area (Å²) in [6, 6.07) is 11.0. The van der Waals surface area contributed by atoms with E-state index >= 15 is 0 Å². The van der Waals surface area contributed by atoms with Crippen LogP contribution >= 0.6 is 0 Å². The van der Waals surface area contributed by atoms with Gasteiger partial charge < -0.3 is 20.1 Å². The molecule has 29 heavy (non-hydrogen) atoms. The van der Waals surface area contributed by atoms with Crippen LogP contribution in [-0.4, -0.2) is 42.4 Å². The van der Waals surface area contributed by atoms with E-state index in [-0.39, 0.29) is 11.6 Å². The first kappa shape index (κ1) is 22.0. The molecule has 0 aliphatic heterocycles. The van der Waals surface area contributed by atoms with Gasteiger partial charge in [-0.2, -0.15) is 13.2 Å². The average molecular weight is 411 g/mol. The number of halogens is 3. The quantitative estimate of drug-likeness (QED) is 0.538. The van der Waals surface area contributed by atoms with Crippen LogP contribution in [0.1, 0.15) is 11.3 Å². The first-order chi connectivity index (χ1) is 13.6. The van der Waals surface area contributed by atoms with Crippen molar-refractivity contribution in [3.8, 4) is 5.75 Å². The van der Waals surface area contributed by atoms with Gasteiger partial charge in [-0.1, -0.05) is 18.2 Å². The molecule has 0 saturated heterocycles. The summed E-state index contributed by atoms with van der Waals surface area (Å²) in [5.41, 5.74) is -2.52. The molecule has 2 aromatic rings. The lowest BCUT2D eigenvalue weighted by atomic mass is 10.1. The number of amides is 1. The van der Waals surface area contributed by atoms with Crippen LogP contribution in [0.2, 0.25) is 0 Å². The van der Waals surface area contributed by atoms with Gasteiger partial charge in [-0.05, 0) is 43.7 Å². The fourth-order valence-electron chi connectivity index (χ4n) is 2.55. The van der Waals surface area contributed by atoms with Crippen molar-refractivity contribution in [2.24, 2.45) is 0 Å². The number of nitrogens with zero attached hydrogens (tertiary/aromatic N) is 1. The molecule has 0 spiro atoms. The topological polar surface area (TPSA) is 89.5 Å². The molecule has 156 valence electrons. The Morgan fingerprint density at radius 3 is 2.31 bits per heavy atom. The van der Waals surface area contributed by atoms with Crippen molar-refractivity contribution in [3.63, 3.8) is 0 Å². The van der Waals surface area contributed by atoms with Crippen LogP contribution in [0.15, 0.2) is 42.5 Å². The lowest BCUT2D eigenvalue weighted by Gasteiger charge is -2.34. The van der Waals surface area contributed by atoms with Crippen molar-refractivity contribution in [2.75, 3.05) is 19.0 Å². The van der Waals surface area contributed by atoms with Gasteiger partial charge in [0.2, 0.25) is 0 Å². The third-order valence-electron chi connectivity index (χ3n) is 3.77. The average Bonchev–Trinajstić information content (AvgIpc) is 2.64. The molecule has 0 saturated carbocycles. The summed E-state index contributed by atoms with van der Waals surface area (Å²) in [4.78, 5) is 28.3. The predicted molar refractivity (Wildman–Crippen MR) is 98.2 cm³/mol. The molecule has 2 N–H and O–H groups in total. The van der Waals surface area contributed by atoms with Crippen molar-refractivity contribution in [1.82, 2.24) is 10.3 Å². The Labute approximate surface area is 165 Å². The molecule has 10 heteroatoms. The second-order valence-electron chi connectivity index (χ2n) is 6.19. The molecule has 0 radical (unpaired) electrons. The molecule has 1 amide bonds. The maximum absolute atomic E-state index is 14.0. The molecule has 1 heterocycles. The molecule has 7 nitrogen and oxygen atoms in total. The number of methoxy groups -OCH3 is 1. The molecule has 1 atom stereocenters. The molecule has 2 rings (SSSR count). The van der Waals surface area contributed by atoms with E-state index < -0.39 is 30.3 Å². The molecule has 1 aromatic heterocycles. The molecular weight excluding hydrogens is 391 g/mol. The van der Waals surface area contributed by atoms with Crippen molar-refractivity contribution in [2.45, 2.75) is 25.7 Å². The normalized spacial score (nSPS) is 13.2. The van der Waals surface area contributed by atoms with Crippen molar-refractivity contribution in [3.05, 3.63) is 53.7 Å². The Hall–Kier alpha value is -3.30. The third-order valence-corrected chi connectivity index (χ3v) is 3.77. The highest BCUT2D eigenvalue weighted by atomic mass is 19.4.